The first-order chi connectivity index (χ1) is 9.15. The zero-order valence-corrected chi connectivity index (χ0v) is 11.9. The second kappa shape index (κ2) is 6.24. The fourth-order valence-electron chi connectivity index (χ4n) is 2.58. The average molecular weight is 266 g/mol. The Kier molecular flexibility index (Phi) is 4.64. The highest BCUT2D eigenvalue weighted by atomic mass is 19.1. The van der Waals surface area contributed by atoms with Crippen LogP contribution in [0.2, 0.25) is 0 Å². The summed E-state index contributed by atoms with van der Waals surface area (Å²) in [7, 11) is 0. The summed E-state index contributed by atoms with van der Waals surface area (Å²) in [6.45, 7) is 8.53. The van der Waals surface area contributed by atoms with E-state index in [9.17, 15) is 4.39 Å². The van der Waals surface area contributed by atoms with Crippen LogP contribution >= 0.6 is 0 Å². The Morgan fingerprint density at radius 3 is 2.84 bits per heavy atom. The third-order valence-corrected chi connectivity index (χ3v) is 3.63. The van der Waals surface area contributed by atoms with Crippen molar-refractivity contribution in [1.29, 1.82) is 0 Å². The lowest BCUT2D eigenvalue weighted by Gasteiger charge is -2.40. The summed E-state index contributed by atoms with van der Waals surface area (Å²) in [5.74, 6) is 0.0582. The van der Waals surface area contributed by atoms with Crippen molar-refractivity contribution < 1.29 is 9.13 Å². The fourth-order valence-corrected chi connectivity index (χ4v) is 2.58. The number of nitrogens with zero attached hydrogens (tertiary/aromatic N) is 1. The van der Waals surface area contributed by atoms with Gasteiger partial charge in [0.05, 0.1) is 6.61 Å². The van der Waals surface area contributed by atoms with Crippen LogP contribution in [0.15, 0.2) is 18.2 Å². The van der Waals surface area contributed by atoms with E-state index in [-0.39, 0.29) is 5.82 Å². The molecule has 2 atom stereocenters. The zero-order valence-electron chi connectivity index (χ0n) is 11.9. The predicted octanol–water partition coefficient (Wildman–Crippen LogP) is 2.80. The molecule has 2 rings (SSSR count). The first kappa shape index (κ1) is 14.1. The molecule has 1 fully saturated rings. The molecule has 1 aromatic rings. The van der Waals surface area contributed by atoms with Crippen LogP contribution in [0.5, 0.6) is 5.75 Å². The smallest absolute Gasteiger partial charge is 0.167 e. The van der Waals surface area contributed by atoms with Crippen LogP contribution in [-0.4, -0.2) is 31.8 Å². The minimum atomic E-state index is -0.277. The Hall–Kier alpha value is -1.29. The van der Waals surface area contributed by atoms with E-state index in [0.29, 0.717) is 24.4 Å². The van der Waals surface area contributed by atoms with Crippen molar-refractivity contribution in [3.63, 3.8) is 0 Å². The molecule has 2 unspecified atom stereocenters. The van der Waals surface area contributed by atoms with Gasteiger partial charge in [0.15, 0.2) is 11.6 Å². The van der Waals surface area contributed by atoms with Gasteiger partial charge in [-0.2, -0.15) is 0 Å². The maximum Gasteiger partial charge on any atom is 0.167 e. The maximum atomic E-state index is 14.0. The van der Waals surface area contributed by atoms with Crippen LogP contribution in [0.1, 0.15) is 27.2 Å². The topological polar surface area (TPSA) is 24.5 Å². The number of piperazine rings is 1. The summed E-state index contributed by atoms with van der Waals surface area (Å²) < 4.78 is 19.2. The molecule has 1 heterocycles. The van der Waals surface area contributed by atoms with Gasteiger partial charge in [-0.25, -0.2) is 4.39 Å². The minimum absolute atomic E-state index is 0.277. The first-order valence-electron chi connectivity index (χ1n) is 7.08. The Morgan fingerprint density at radius 2 is 2.21 bits per heavy atom. The first-order valence-corrected chi connectivity index (χ1v) is 7.08. The lowest BCUT2D eigenvalue weighted by Crippen LogP contribution is -2.55. The Morgan fingerprint density at radius 1 is 1.42 bits per heavy atom. The molecule has 0 aromatic heterocycles. The highest BCUT2D eigenvalue weighted by Gasteiger charge is 2.25. The normalized spacial score (nSPS) is 23.5. The number of anilines is 1. The molecule has 3 nitrogen and oxygen atoms in total. The van der Waals surface area contributed by atoms with Gasteiger partial charge in [-0.05, 0) is 32.4 Å². The van der Waals surface area contributed by atoms with Gasteiger partial charge in [0, 0.05) is 36.9 Å². The maximum absolute atomic E-state index is 14.0. The van der Waals surface area contributed by atoms with Gasteiger partial charge in [0.1, 0.15) is 0 Å². The number of nitrogens with one attached hydrogen (secondary N) is 1. The molecule has 106 valence electrons. The highest BCUT2D eigenvalue weighted by Crippen LogP contribution is 2.27. The molecule has 1 aliphatic rings. The van der Waals surface area contributed by atoms with Crippen molar-refractivity contribution in [3.05, 3.63) is 24.0 Å². The minimum Gasteiger partial charge on any atom is -0.491 e. The summed E-state index contributed by atoms with van der Waals surface area (Å²) in [4.78, 5) is 2.29. The van der Waals surface area contributed by atoms with Crippen molar-refractivity contribution in [3.8, 4) is 5.75 Å². The largest absolute Gasteiger partial charge is 0.491 e. The lowest BCUT2D eigenvalue weighted by atomic mass is 10.1. The number of ether oxygens (including phenoxy) is 1. The summed E-state index contributed by atoms with van der Waals surface area (Å²) in [6.07, 6.45) is 1.05. The van der Waals surface area contributed by atoms with Gasteiger partial charge in [-0.1, -0.05) is 6.92 Å². The SMILES string of the molecule is CCOc1ccc(N2CC(C)NCC2CC)cc1F. The van der Waals surface area contributed by atoms with Gasteiger partial charge in [0.25, 0.3) is 0 Å². The third kappa shape index (κ3) is 3.18. The van der Waals surface area contributed by atoms with E-state index in [0.717, 1.165) is 25.2 Å². The van der Waals surface area contributed by atoms with E-state index in [2.05, 4.69) is 24.1 Å². The van der Waals surface area contributed by atoms with Crippen molar-refractivity contribution >= 4 is 5.69 Å². The van der Waals surface area contributed by atoms with Crippen LogP contribution < -0.4 is 15.0 Å². The van der Waals surface area contributed by atoms with E-state index in [4.69, 9.17) is 4.74 Å². The van der Waals surface area contributed by atoms with Crippen LogP contribution in [0.4, 0.5) is 10.1 Å². The van der Waals surface area contributed by atoms with Gasteiger partial charge >= 0.3 is 0 Å². The monoisotopic (exact) mass is 266 g/mol. The highest BCUT2D eigenvalue weighted by molar-refractivity contribution is 5.51. The van der Waals surface area contributed by atoms with E-state index >= 15 is 0 Å². The second-order valence-corrected chi connectivity index (χ2v) is 5.07. The van der Waals surface area contributed by atoms with Gasteiger partial charge in [-0.15, -0.1) is 0 Å². The molecule has 0 bridgehead atoms. The number of hydrogen-bond acceptors (Lipinski definition) is 3. The van der Waals surface area contributed by atoms with Crippen LogP contribution in [-0.2, 0) is 0 Å². The van der Waals surface area contributed by atoms with Crippen molar-refractivity contribution in [2.45, 2.75) is 39.3 Å². The number of benzene rings is 1. The van der Waals surface area contributed by atoms with Crippen molar-refractivity contribution in [1.82, 2.24) is 5.32 Å². The molecule has 0 aliphatic carbocycles. The Bertz CT molecular complexity index is 425. The molecule has 1 aromatic carbocycles. The van der Waals surface area contributed by atoms with Crippen LogP contribution in [0.3, 0.4) is 0 Å². The Labute approximate surface area is 114 Å². The summed E-state index contributed by atoms with van der Waals surface area (Å²) in [6, 6.07) is 6.12. The van der Waals surface area contributed by atoms with E-state index < -0.39 is 0 Å². The number of rotatable bonds is 4. The van der Waals surface area contributed by atoms with Gasteiger partial charge < -0.3 is 15.0 Å². The zero-order chi connectivity index (χ0) is 13.8. The standard InChI is InChI=1S/C15H23FN2O/c1-4-12-9-17-11(3)10-18(12)13-6-7-15(19-5-2)14(16)8-13/h6-8,11-12,17H,4-5,9-10H2,1-3H3. The summed E-state index contributed by atoms with van der Waals surface area (Å²) in [5, 5.41) is 3.47. The van der Waals surface area contributed by atoms with Gasteiger partial charge in [0.2, 0.25) is 0 Å². The second-order valence-electron chi connectivity index (χ2n) is 5.07. The van der Waals surface area contributed by atoms with Crippen LogP contribution in [0, 0.1) is 5.82 Å². The third-order valence-electron chi connectivity index (χ3n) is 3.63. The molecule has 1 N–H and O–H groups in total. The van der Waals surface area contributed by atoms with E-state index in [1.807, 2.05) is 13.0 Å². The fraction of sp³-hybridized carbons (Fsp3) is 0.600. The Balaban J connectivity index is 2.21. The van der Waals surface area contributed by atoms with E-state index in [1.54, 1.807) is 12.1 Å². The summed E-state index contributed by atoms with van der Waals surface area (Å²) in [5.41, 5.74) is 0.946. The van der Waals surface area contributed by atoms with Crippen LogP contribution in [0.25, 0.3) is 0 Å². The average Bonchev–Trinajstić information content (AvgIpc) is 2.41. The predicted molar refractivity (Wildman–Crippen MR) is 76.5 cm³/mol. The molecular weight excluding hydrogens is 243 g/mol. The number of hydrogen-bond donors (Lipinski definition) is 1. The molecule has 0 spiro atoms. The molecule has 19 heavy (non-hydrogen) atoms. The van der Waals surface area contributed by atoms with Crippen molar-refractivity contribution in [2.24, 2.45) is 0 Å². The summed E-state index contributed by atoms with van der Waals surface area (Å²) >= 11 is 0. The molecule has 0 saturated carbocycles. The molecule has 0 radical (unpaired) electrons. The number of halogens is 1. The molecule has 0 amide bonds. The van der Waals surface area contributed by atoms with E-state index in [1.165, 1.54) is 0 Å². The molecule has 1 saturated heterocycles. The molecule has 1 aliphatic heterocycles. The molecular formula is C15H23FN2O. The van der Waals surface area contributed by atoms with Crippen molar-refractivity contribution in [2.75, 3.05) is 24.6 Å². The van der Waals surface area contributed by atoms with Gasteiger partial charge in [-0.3, -0.25) is 0 Å². The lowest BCUT2D eigenvalue weighted by molar-refractivity contribution is 0.321. The quantitative estimate of drug-likeness (QED) is 0.907. The molecule has 4 heteroatoms.